The van der Waals surface area contributed by atoms with Crippen LogP contribution in [0.25, 0.3) is 10.9 Å². The first-order chi connectivity index (χ1) is 15.8. The van der Waals surface area contributed by atoms with Crippen LogP contribution in [0.3, 0.4) is 0 Å². The molecule has 1 aliphatic rings. The molecule has 0 bridgehead atoms. The lowest BCUT2D eigenvalue weighted by molar-refractivity contribution is -0.129. The van der Waals surface area contributed by atoms with Crippen LogP contribution in [0.2, 0.25) is 5.15 Å². The summed E-state index contributed by atoms with van der Waals surface area (Å²) >= 11 is 6.22. The SMILES string of the molecule is CC(=O)N1CCN(S(=O)(=O)c2cccc(C(=O)OCc3cc4ccccc4nc3Cl)c2)CC1. The standard InChI is InChI=1S/C23H22ClN3O5S/c1-16(28)26-9-11-27(12-10-26)33(30,31)20-7-4-6-18(14-20)23(29)32-15-19-13-17-5-2-3-8-21(17)25-22(19)24/h2-8,13-14H,9-12,15H2,1H3. The summed E-state index contributed by atoms with van der Waals surface area (Å²) in [6.07, 6.45) is 0. The number of aromatic nitrogens is 1. The van der Waals surface area contributed by atoms with E-state index >= 15 is 0 Å². The fourth-order valence-electron chi connectivity index (χ4n) is 3.64. The van der Waals surface area contributed by atoms with E-state index in [-0.39, 0.29) is 41.2 Å². The minimum atomic E-state index is -3.81. The van der Waals surface area contributed by atoms with Gasteiger partial charge in [0.1, 0.15) is 11.8 Å². The maximum Gasteiger partial charge on any atom is 0.338 e. The Hall–Kier alpha value is -3.01. The van der Waals surface area contributed by atoms with Gasteiger partial charge in [-0.2, -0.15) is 4.31 Å². The molecular formula is C23H22ClN3O5S. The topological polar surface area (TPSA) is 96.9 Å². The molecule has 2 aromatic carbocycles. The number of ether oxygens (including phenoxy) is 1. The van der Waals surface area contributed by atoms with Gasteiger partial charge in [0.25, 0.3) is 0 Å². The van der Waals surface area contributed by atoms with Crippen molar-refractivity contribution < 1.29 is 22.7 Å². The number of fused-ring (bicyclic) bond motifs is 1. The molecule has 4 rings (SSSR count). The molecule has 1 amide bonds. The molecule has 1 saturated heterocycles. The first-order valence-corrected chi connectivity index (χ1v) is 12.1. The van der Waals surface area contributed by atoms with Crippen molar-refractivity contribution >= 4 is 44.4 Å². The maximum atomic E-state index is 13.0. The summed E-state index contributed by atoms with van der Waals surface area (Å²) in [5.74, 6) is -0.754. The largest absolute Gasteiger partial charge is 0.457 e. The monoisotopic (exact) mass is 487 g/mol. The van der Waals surface area contributed by atoms with E-state index in [1.807, 2.05) is 24.3 Å². The van der Waals surface area contributed by atoms with Crippen LogP contribution in [-0.2, 0) is 26.2 Å². The summed E-state index contributed by atoms with van der Waals surface area (Å²) in [7, 11) is -3.81. The van der Waals surface area contributed by atoms with Gasteiger partial charge in [0, 0.05) is 44.1 Å². The molecule has 1 fully saturated rings. The highest BCUT2D eigenvalue weighted by Crippen LogP contribution is 2.23. The van der Waals surface area contributed by atoms with Crippen molar-refractivity contribution in [2.75, 3.05) is 26.2 Å². The van der Waals surface area contributed by atoms with Gasteiger partial charge >= 0.3 is 5.97 Å². The van der Waals surface area contributed by atoms with E-state index in [0.29, 0.717) is 18.7 Å². The van der Waals surface area contributed by atoms with Gasteiger partial charge in [0.05, 0.1) is 16.0 Å². The van der Waals surface area contributed by atoms with Crippen molar-refractivity contribution in [1.29, 1.82) is 0 Å². The van der Waals surface area contributed by atoms with Gasteiger partial charge in [-0.15, -0.1) is 0 Å². The number of rotatable bonds is 5. The molecule has 0 saturated carbocycles. The Morgan fingerprint density at radius 2 is 1.76 bits per heavy atom. The van der Waals surface area contributed by atoms with E-state index in [4.69, 9.17) is 16.3 Å². The number of amides is 1. The van der Waals surface area contributed by atoms with Gasteiger partial charge in [-0.05, 0) is 30.3 Å². The van der Waals surface area contributed by atoms with E-state index in [9.17, 15) is 18.0 Å². The molecule has 0 radical (unpaired) electrons. The number of esters is 1. The Morgan fingerprint density at radius 3 is 2.48 bits per heavy atom. The third-order valence-corrected chi connectivity index (χ3v) is 7.72. The predicted molar refractivity (Wildman–Crippen MR) is 123 cm³/mol. The molecule has 0 aliphatic carbocycles. The number of hydrogen-bond donors (Lipinski definition) is 0. The fourth-order valence-corrected chi connectivity index (χ4v) is 5.31. The lowest BCUT2D eigenvalue weighted by Crippen LogP contribution is -2.49. The fraction of sp³-hybridized carbons (Fsp3) is 0.261. The minimum absolute atomic E-state index is 0.00127. The first-order valence-electron chi connectivity index (χ1n) is 10.3. The number of halogens is 1. The zero-order valence-corrected chi connectivity index (χ0v) is 19.5. The number of pyridine rings is 1. The quantitative estimate of drug-likeness (QED) is 0.405. The van der Waals surface area contributed by atoms with Crippen LogP contribution in [0.1, 0.15) is 22.8 Å². The highest BCUT2D eigenvalue weighted by atomic mass is 35.5. The van der Waals surface area contributed by atoms with E-state index in [2.05, 4.69) is 4.98 Å². The second-order valence-electron chi connectivity index (χ2n) is 7.65. The summed E-state index contributed by atoms with van der Waals surface area (Å²) in [5.41, 5.74) is 1.40. The van der Waals surface area contributed by atoms with Gasteiger partial charge in [-0.25, -0.2) is 18.2 Å². The van der Waals surface area contributed by atoms with Crippen LogP contribution in [0.5, 0.6) is 0 Å². The van der Waals surface area contributed by atoms with Crippen molar-refractivity contribution in [3.05, 3.63) is 70.9 Å². The second kappa shape index (κ2) is 9.46. The first kappa shape index (κ1) is 23.2. The summed E-state index contributed by atoms with van der Waals surface area (Å²) in [4.78, 5) is 30.0. The van der Waals surface area contributed by atoms with E-state index in [1.54, 1.807) is 11.0 Å². The molecule has 0 unspecified atom stereocenters. The summed E-state index contributed by atoms with van der Waals surface area (Å²) < 4.78 is 32.8. The van der Waals surface area contributed by atoms with Crippen LogP contribution in [-0.4, -0.2) is 60.7 Å². The number of piperazine rings is 1. The Labute approximate surface area is 196 Å². The number of carbonyl (C=O) groups is 2. The summed E-state index contributed by atoms with van der Waals surface area (Å²) in [6.45, 7) is 2.42. The molecule has 0 spiro atoms. The smallest absolute Gasteiger partial charge is 0.338 e. The summed E-state index contributed by atoms with van der Waals surface area (Å²) in [5, 5.41) is 1.11. The minimum Gasteiger partial charge on any atom is -0.457 e. The Bertz CT molecular complexity index is 1320. The third-order valence-electron chi connectivity index (χ3n) is 5.50. The van der Waals surface area contributed by atoms with Crippen molar-refractivity contribution in [2.24, 2.45) is 0 Å². The van der Waals surface area contributed by atoms with Crippen molar-refractivity contribution in [3.8, 4) is 0 Å². The van der Waals surface area contributed by atoms with Crippen LogP contribution < -0.4 is 0 Å². The van der Waals surface area contributed by atoms with E-state index < -0.39 is 16.0 Å². The van der Waals surface area contributed by atoms with Gasteiger partial charge in [-0.3, -0.25) is 4.79 Å². The highest BCUT2D eigenvalue weighted by molar-refractivity contribution is 7.89. The molecule has 33 heavy (non-hydrogen) atoms. The van der Waals surface area contributed by atoms with Crippen LogP contribution in [0, 0.1) is 0 Å². The number of nitrogens with zero attached hydrogens (tertiary/aromatic N) is 3. The maximum absolute atomic E-state index is 13.0. The van der Waals surface area contributed by atoms with Gasteiger partial charge in [0.15, 0.2) is 0 Å². The number of para-hydroxylation sites is 1. The van der Waals surface area contributed by atoms with Gasteiger partial charge < -0.3 is 9.64 Å². The Balaban J connectivity index is 1.47. The lowest BCUT2D eigenvalue weighted by Gasteiger charge is -2.33. The van der Waals surface area contributed by atoms with E-state index in [1.165, 1.54) is 35.5 Å². The highest BCUT2D eigenvalue weighted by Gasteiger charge is 2.29. The molecule has 1 aromatic heterocycles. The van der Waals surface area contributed by atoms with Gasteiger partial charge in [0.2, 0.25) is 15.9 Å². The molecule has 2 heterocycles. The average Bonchev–Trinajstić information content (AvgIpc) is 2.82. The number of hydrogen-bond acceptors (Lipinski definition) is 6. The Kier molecular flexibility index (Phi) is 6.64. The molecule has 1 aliphatic heterocycles. The summed E-state index contributed by atoms with van der Waals surface area (Å²) in [6, 6.07) is 15.0. The van der Waals surface area contributed by atoms with Crippen LogP contribution in [0.15, 0.2) is 59.5 Å². The predicted octanol–water partition coefficient (Wildman–Crippen LogP) is 3.10. The zero-order chi connectivity index (χ0) is 23.6. The average molecular weight is 488 g/mol. The molecule has 10 heteroatoms. The molecule has 8 nitrogen and oxygen atoms in total. The molecular weight excluding hydrogens is 466 g/mol. The number of benzene rings is 2. The lowest BCUT2D eigenvalue weighted by atomic mass is 10.1. The third kappa shape index (κ3) is 5.00. The Morgan fingerprint density at radius 1 is 1.03 bits per heavy atom. The van der Waals surface area contributed by atoms with Crippen molar-refractivity contribution in [1.82, 2.24) is 14.2 Å². The zero-order valence-electron chi connectivity index (χ0n) is 17.9. The molecule has 172 valence electrons. The molecule has 3 aromatic rings. The normalized spacial score (nSPS) is 14.9. The van der Waals surface area contributed by atoms with Crippen LogP contribution >= 0.6 is 11.6 Å². The number of sulfonamides is 1. The second-order valence-corrected chi connectivity index (χ2v) is 9.94. The molecule has 0 atom stereocenters. The van der Waals surface area contributed by atoms with E-state index in [0.717, 1.165) is 10.9 Å². The van der Waals surface area contributed by atoms with Crippen molar-refractivity contribution in [3.63, 3.8) is 0 Å². The molecule has 0 N–H and O–H groups in total. The number of carbonyl (C=O) groups excluding carboxylic acids is 2. The van der Waals surface area contributed by atoms with Crippen molar-refractivity contribution in [2.45, 2.75) is 18.4 Å². The van der Waals surface area contributed by atoms with Crippen LogP contribution in [0.4, 0.5) is 0 Å². The van der Waals surface area contributed by atoms with Gasteiger partial charge in [-0.1, -0.05) is 35.9 Å².